The van der Waals surface area contributed by atoms with Gasteiger partial charge in [0.25, 0.3) is 0 Å². The van der Waals surface area contributed by atoms with Gasteiger partial charge in [0.1, 0.15) is 0 Å². The van der Waals surface area contributed by atoms with Gasteiger partial charge in [-0.1, -0.05) is 80.4 Å². The fourth-order valence-electron chi connectivity index (χ4n) is 7.24. The molecule has 0 heterocycles. The molecule has 0 spiro atoms. The van der Waals surface area contributed by atoms with E-state index >= 15 is 0 Å². The van der Waals surface area contributed by atoms with Crippen LogP contribution < -0.4 is 0 Å². The summed E-state index contributed by atoms with van der Waals surface area (Å²) in [5.41, 5.74) is 13.5. The summed E-state index contributed by atoms with van der Waals surface area (Å²) in [6.07, 6.45) is 1.09. The standard InChI is InChI=1S/C40H40.2CH3.Hf/c1-25(2)24-40(7,32-20-30-16-10-18-34(36(30)22-32)38-26(3)12-8-13-27(38)4)33-21-31-17-11-19-35(37(31)23-33)39-28(5)14-9-15-29(39)6;;;/h8-23,25H,24H2,1-7H3;2*1H3;/q-2;2*-1;+4. The average Bonchev–Trinajstić information content (AvgIpc) is 3.54. The van der Waals surface area contributed by atoms with E-state index in [0.717, 1.165) is 6.42 Å². The van der Waals surface area contributed by atoms with Crippen LogP contribution in [0.5, 0.6) is 0 Å². The molecular formula is C42H46Hf. The van der Waals surface area contributed by atoms with Crippen LogP contribution in [0.4, 0.5) is 0 Å². The maximum Gasteiger partial charge on any atom is 4.00 e. The van der Waals surface area contributed by atoms with Crippen LogP contribution in [0.2, 0.25) is 0 Å². The molecule has 0 N–H and O–H groups in total. The van der Waals surface area contributed by atoms with E-state index in [0.29, 0.717) is 5.92 Å². The Balaban J connectivity index is 0.00000169. The topological polar surface area (TPSA) is 0 Å². The molecule has 0 bridgehead atoms. The van der Waals surface area contributed by atoms with Crippen LogP contribution in [-0.2, 0) is 31.3 Å². The zero-order valence-electron chi connectivity index (χ0n) is 27.5. The predicted molar refractivity (Wildman–Crippen MR) is 188 cm³/mol. The van der Waals surface area contributed by atoms with E-state index in [-0.39, 0.29) is 46.1 Å². The number of hydrogen-bond acceptors (Lipinski definition) is 0. The summed E-state index contributed by atoms with van der Waals surface area (Å²) in [7, 11) is 0. The summed E-state index contributed by atoms with van der Waals surface area (Å²) in [4.78, 5) is 0. The van der Waals surface area contributed by atoms with E-state index in [1.54, 1.807) is 0 Å². The molecule has 0 aliphatic heterocycles. The van der Waals surface area contributed by atoms with Gasteiger partial charge in [0.2, 0.25) is 0 Å². The quantitative estimate of drug-likeness (QED) is 0.118. The van der Waals surface area contributed by atoms with Gasteiger partial charge < -0.3 is 14.9 Å². The molecule has 0 atom stereocenters. The number of benzene rings is 4. The Morgan fingerprint density at radius 2 is 0.930 bits per heavy atom. The third-order valence-corrected chi connectivity index (χ3v) is 9.09. The fourth-order valence-corrected chi connectivity index (χ4v) is 7.24. The summed E-state index contributed by atoms with van der Waals surface area (Å²) in [6, 6.07) is 36.8. The van der Waals surface area contributed by atoms with E-state index in [4.69, 9.17) is 0 Å². The molecule has 0 aromatic heterocycles. The van der Waals surface area contributed by atoms with Crippen LogP contribution >= 0.6 is 0 Å². The Labute approximate surface area is 279 Å². The van der Waals surface area contributed by atoms with Gasteiger partial charge in [0.15, 0.2) is 0 Å². The Morgan fingerprint density at radius 3 is 1.28 bits per heavy atom. The Kier molecular flexibility index (Phi) is 10.7. The van der Waals surface area contributed by atoms with Crippen LogP contribution in [0, 0.1) is 48.5 Å². The van der Waals surface area contributed by atoms with Crippen LogP contribution in [0.25, 0.3) is 43.8 Å². The first-order valence-corrected chi connectivity index (χ1v) is 14.7. The minimum absolute atomic E-state index is 0. The first-order chi connectivity index (χ1) is 19.2. The van der Waals surface area contributed by atoms with Gasteiger partial charge >= 0.3 is 25.8 Å². The van der Waals surface area contributed by atoms with Crippen LogP contribution in [0.1, 0.15) is 60.6 Å². The summed E-state index contributed by atoms with van der Waals surface area (Å²) in [5.74, 6) is 0.567. The summed E-state index contributed by atoms with van der Waals surface area (Å²) < 4.78 is 0. The molecule has 6 aromatic rings. The number of aryl methyl sites for hydroxylation is 4. The molecule has 0 saturated heterocycles. The minimum Gasteiger partial charge on any atom is -0.358 e. The van der Waals surface area contributed by atoms with Crippen molar-refractivity contribution in [2.75, 3.05) is 0 Å². The molecule has 0 radical (unpaired) electrons. The van der Waals surface area contributed by atoms with Crippen molar-refractivity contribution < 1.29 is 25.8 Å². The first-order valence-electron chi connectivity index (χ1n) is 14.7. The molecule has 43 heavy (non-hydrogen) atoms. The van der Waals surface area contributed by atoms with Crippen LogP contribution in [0.3, 0.4) is 0 Å². The number of hydrogen-bond donors (Lipinski definition) is 0. The molecule has 218 valence electrons. The van der Waals surface area contributed by atoms with Gasteiger partial charge in [-0.15, -0.1) is 69.1 Å². The molecule has 0 aliphatic rings. The van der Waals surface area contributed by atoms with Gasteiger partial charge in [-0.25, -0.2) is 0 Å². The average molecular weight is 729 g/mol. The molecule has 0 unspecified atom stereocenters. The van der Waals surface area contributed by atoms with Crippen molar-refractivity contribution in [2.24, 2.45) is 5.92 Å². The Bertz CT molecular complexity index is 1690. The molecule has 0 nitrogen and oxygen atoms in total. The summed E-state index contributed by atoms with van der Waals surface area (Å²) in [6.45, 7) is 16.1. The normalized spacial score (nSPS) is 11.3. The van der Waals surface area contributed by atoms with Gasteiger partial charge in [-0.2, -0.15) is 12.1 Å². The monoisotopic (exact) mass is 730 g/mol. The van der Waals surface area contributed by atoms with Crippen molar-refractivity contribution in [3.63, 3.8) is 0 Å². The zero-order chi connectivity index (χ0) is 28.2. The van der Waals surface area contributed by atoms with Crippen molar-refractivity contribution in [3.05, 3.63) is 145 Å². The second kappa shape index (κ2) is 13.3. The van der Waals surface area contributed by atoms with E-state index in [9.17, 15) is 0 Å². The van der Waals surface area contributed by atoms with Crippen molar-refractivity contribution in [3.8, 4) is 22.3 Å². The molecule has 1 heteroatoms. The first kappa shape index (κ1) is 34.5. The van der Waals surface area contributed by atoms with Crippen LogP contribution in [-0.4, -0.2) is 0 Å². The summed E-state index contributed by atoms with van der Waals surface area (Å²) >= 11 is 0. The van der Waals surface area contributed by atoms with Crippen LogP contribution in [0.15, 0.2) is 97.1 Å². The predicted octanol–water partition coefficient (Wildman–Crippen LogP) is 12.2. The Hall–Kier alpha value is -3.03. The summed E-state index contributed by atoms with van der Waals surface area (Å²) in [5, 5.41) is 5.38. The Morgan fingerprint density at radius 1 is 0.581 bits per heavy atom. The van der Waals surface area contributed by atoms with Crippen molar-refractivity contribution in [1.29, 1.82) is 0 Å². The molecule has 0 saturated carbocycles. The van der Waals surface area contributed by atoms with Gasteiger partial charge in [-0.05, 0) is 78.8 Å². The SMILES string of the molecule is Cc1cccc(C)c1-c1cccc2[cH-]c(C(C)(CC(C)C)c3cc4c(-c5c(C)cccc5C)cccc4[cH-]3)cc12.[CH3-].[CH3-].[Hf+4]. The van der Waals surface area contributed by atoms with E-state index < -0.39 is 0 Å². The van der Waals surface area contributed by atoms with Gasteiger partial charge in [0, 0.05) is 0 Å². The van der Waals surface area contributed by atoms with E-state index in [2.05, 4.69) is 146 Å². The fraction of sp³-hybridized carbons (Fsp3) is 0.238. The maximum atomic E-state index is 2.49. The van der Waals surface area contributed by atoms with Crippen molar-refractivity contribution in [2.45, 2.75) is 60.3 Å². The van der Waals surface area contributed by atoms with E-state index in [1.807, 2.05) is 0 Å². The molecule has 6 rings (SSSR count). The maximum absolute atomic E-state index is 2.49. The van der Waals surface area contributed by atoms with Crippen molar-refractivity contribution in [1.82, 2.24) is 0 Å². The largest absolute Gasteiger partial charge is 4.00 e. The molecule has 6 aromatic carbocycles. The molecule has 0 amide bonds. The number of rotatable bonds is 6. The zero-order valence-corrected chi connectivity index (χ0v) is 31.1. The third-order valence-electron chi connectivity index (χ3n) is 9.09. The van der Waals surface area contributed by atoms with Gasteiger partial charge in [0.05, 0.1) is 0 Å². The molecule has 0 fully saturated rings. The molecule has 0 aliphatic carbocycles. The minimum atomic E-state index is -0.0949. The second-order valence-corrected chi connectivity index (χ2v) is 12.6. The second-order valence-electron chi connectivity index (χ2n) is 12.6. The molecular weight excluding hydrogens is 683 g/mol. The third kappa shape index (κ3) is 6.03. The number of fused-ring (bicyclic) bond motifs is 2. The van der Waals surface area contributed by atoms with Gasteiger partial charge in [-0.3, -0.25) is 0 Å². The smallest absolute Gasteiger partial charge is 0.358 e. The van der Waals surface area contributed by atoms with E-state index in [1.165, 1.54) is 77.2 Å². The van der Waals surface area contributed by atoms with Crippen molar-refractivity contribution >= 4 is 21.5 Å².